The van der Waals surface area contributed by atoms with Crippen LogP contribution in [0.1, 0.15) is 55.4 Å². The van der Waals surface area contributed by atoms with Gasteiger partial charge >= 0.3 is 15.2 Å². The van der Waals surface area contributed by atoms with E-state index in [0.717, 1.165) is 0 Å². The van der Waals surface area contributed by atoms with Crippen LogP contribution in [0.5, 0.6) is 0 Å². The molecule has 0 aliphatic carbocycles. The van der Waals surface area contributed by atoms with Crippen molar-refractivity contribution in [1.82, 2.24) is 10.6 Å². The first-order chi connectivity index (χ1) is 13.7. The zero-order valence-corrected chi connectivity index (χ0v) is 22.3. The molecule has 0 amide bonds. The molecule has 0 unspecified atom stereocenters. The number of hydrogen-bond acceptors (Lipinski definition) is 8. The molecular formula is C18H36Cl2N2O6P2. The van der Waals surface area contributed by atoms with E-state index in [0.29, 0.717) is 13.1 Å². The van der Waals surface area contributed by atoms with E-state index < -0.39 is 15.2 Å². The van der Waals surface area contributed by atoms with Gasteiger partial charge in [-0.05, 0) is 55.4 Å². The number of hydrogen-bond donors (Lipinski definition) is 2. The molecule has 0 atom stereocenters. The van der Waals surface area contributed by atoms with Gasteiger partial charge in [0.15, 0.2) is 0 Å². The minimum atomic E-state index is -3.60. The van der Waals surface area contributed by atoms with Crippen LogP contribution in [0.3, 0.4) is 0 Å². The molecule has 178 valence electrons. The Morgan fingerprint density at radius 3 is 1.10 bits per heavy atom. The third-order valence-corrected chi connectivity index (χ3v) is 8.34. The molecule has 0 rings (SSSR count). The van der Waals surface area contributed by atoms with Gasteiger partial charge in [-0.25, -0.2) is 0 Å². The maximum Gasteiger partial charge on any atom is 0.374 e. The monoisotopic (exact) mass is 508 g/mol. The fraction of sp³-hybridized carbons (Fsp3) is 0.778. The average molecular weight is 509 g/mol. The van der Waals surface area contributed by atoms with Crippen molar-refractivity contribution in [2.45, 2.75) is 79.8 Å². The first kappa shape index (κ1) is 30.0. The SMILES string of the molecule is CC(C)OP(=O)(OC(C)C)/C(Cl)=C\NCCN/C=C(/Cl)P(=O)(OC(C)C)OC(C)C. The minimum Gasteiger partial charge on any atom is -0.388 e. The lowest BCUT2D eigenvalue weighted by Gasteiger charge is -2.22. The van der Waals surface area contributed by atoms with Crippen molar-refractivity contribution in [3.05, 3.63) is 21.9 Å². The Hall–Kier alpha value is -0.0400. The summed E-state index contributed by atoms with van der Waals surface area (Å²) < 4.78 is 47.3. The van der Waals surface area contributed by atoms with Crippen LogP contribution in [0.2, 0.25) is 0 Å². The zero-order valence-electron chi connectivity index (χ0n) is 19.0. The van der Waals surface area contributed by atoms with E-state index in [9.17, 15) is 9.13 Å². The Morgan fingerprint density at radius 2 is 0.900 bits per heavy atom. The van der Waals surface area contributed by atoms with Crippen molar-refractivity contribution in [3.8, 4) is 0 Å². The molecule has 0 heterocycles. The summed E-state index contributed by atoms with van der Waals surface area (Å²) in [5.41, 5.74) is 0. The van der Waals surface area contributed by atoms with E-state index in [-0.39, 0.29) is 34.0 Å². The number of nitrogens with one attached hydrogen (secondary N) is 2. The van der Waals surface area contributed by atoms with E-state index in [2.05, 4.69) is 10.6 Å². The van der Waals surface area contributed by atoms with Crippen LogP contribution in [0.25, 0.3) is 0 Å². The highest BCUT2D eigenvalue weighted by Gasteiger charge is 2.33. The van der Waals surface area contributed by atoms with Crippen molar-refractivity contribution < 1.29 is 27.2 Å². The quantitative estimate of drug-likeness (QED) is 0.196. The predicted octanol–water partition coefficient (Wildman–Crippen LogP) is 6.33. The van der Waals surface area contributed by atoms with Crippen LogP contribution in [-0.2, 0) is 27.2 Å². The van der Waals surface area contributed by atoms with Crippen LogP contribution in [-0.4, -0.2) is 37.5 Å². The Morgan fingerprint density at radius 1 is 0.667 bits per heavy atom. The summed E-state index contributed by atoms with van der Waals surface area (Å²) in [6.45, 7) is 14.8. The van der Waals surface area contributed by atoms with Gasteiger partial charge in [0.1, 0.15) is 9.55 Å². The van der Waals surface area contributed by atoms with Gasteiger partial charge in [-0.1, -0.05) is 23.2 Å². The summed E-state index contributed by atoms with van der Waals surface area (Å²) in [6, 6.07) is 0. The summed E-state index contributed by atoms with van der Waals surface area (Å²) in [7, 11) is -7.21. The van der Waals surface area contributed by atoms with Gasteiger partial charge in [0.05, 0.1) is 24.4 Å². The highest BCUT2D eigenvalue weighted by molar-refractivity contribution is 7.61. The molecule has 0 aliphatic heterocycles. The Kier molecular flexibility index (Phi) is 14.2. The van der Waals surface area contributed by atoms with Gasteiger partial charge in [0.25, 0.3) is 0 Å². The molecule has 30 heavy (non-hydrogen) atoms. The Bertz CT molecular complexity index is 585. The van der Waals surface area contributed by atoms with Gasteiger partial charge in [-0.3, -0.25) is 9.13 Å². The van der Waals surface area contributed by atoms with Gasteiger partial charge in [-0.2, -0.15) is 0 Å². The van der Waals surface area contributed by atoms with E-state index in [1.807, 2.05) is 0 Å². The topological polar surface area (TPSA) is 95.1 Å². The van der Waals surface area contributed by atoms with E-state index in [1.165, 1.54) is 12.4 Å². The number of halogens is 2. The highest BCUT2D eigenvalue weighted by atomic mass is 35.5. The normalized spacial score (nSPS) is 14.3. The molecule has 0 aromatic heterocycles. The van der Waals surface area contributed by atoms with Gasteiger partial charge in [0.2, 0.25) is 0 Å². The van der Waals surface area contributed by atoms with E-state index in [4.69, 9.17) is 41.3 Å². The molecule has 2 N–H and O–H groups in total. The summed E-state index contributed by atoms with van der Waals surface area (Å²) >= 11 is 12.3. The lowest BCUT2D eigenvalue weighted by Crippen LogP contribution is -2.21. The summed E-state index contributed by atoms with van der Waals surface area (Å²) in [4.78, 5) is 0. The molecule has 0 saturated heterocycles. The van der Waals surface area contributed by atoms with Crippen molar-refractivity contribution in [2.24, 2.45) is 0 Å². The van der Waals surface area contributed by atoms with Gasteiger partial charge in [0, 0.05) is 25.5 Å². The standard InChI is InChI=1S/C18H36Cl2N2O6P2/c1-13(2)25-29(23,26-14(3)4)17(19)11-21-9-10-22-12-18(20)30(24,27-15(5)6)28-16(7)8/h11-16,21-22H,9-10H2,1-8H3/b17-11-,18-12-. The van der Waals surface area contributed by atoms with Crippen LogP contribution in [0.4, 0.5) is 0 Å². The molecule has 12 heteroatoms. The van der Waals surface area contributed by atoms with E-state index in [1.54, 1.807) is 55.4 Å². The Balaban J connectivity index is 4.85. The fourth-order valence-electron chi connectivity index (χ4n) is 1.98. The zero-order chi connectivity index (χ0) is 23.5. The van der Waals surface area contributed by atoms with Gasteiger partial charge < -0.3 is 28.7 Å². The molecule has 0 aliphatic rings. The average Bonchev–Trinajstić information content (AvgIpc) is 2.54. The molecule has 0 aromatic carbocycles. The van der Waals surface area contributed by atoms with Crippen molar-refractivity contribution in [3.63, 3.8) is 0 Å². The van der Waals surface area contributed by atoms with Gasteiger partial charge in [-0.15, -0.1) is 0 Å². The maximum atomic E-state index is 12.8. The molecule has 0 bridgehead atoms. The lowest BCUT2D eigenvalue weighted by atomic mass is 10.5. The Labute approximate surface area is 191 Å². The molecule has 8 nitrogen and oxygen atoms in total. The first-order valence-electron chi connectivity index (χ1n) is 9.84. The lowest BCUT2D eigenvalue weighted by molar-refractivity contribution is 0.147. The highest BCUT2D eigenvalue weighted by Crippen LogP contribution is 2.60. The summed E-state index contributed by atoms with van der Waals surface area (Å²) in [5, 5.41) is 5.84. The minimum absolute atomic E-state index is 0.0429. The van der Waals surface area contributed by atoms with Crippen LogP contribution < -0.4 is 10.6 Å². The maximum absolute atomic E-state index is 12.8. The van der Waals surface area contributed by atoms with Crippen LogP contribution in [0, 0.1) is 0 Å². The smallest absolute Gasteiger partial charge is 0.374 e. The van der Waals surface area contributed by atoms with Crippen molar-refractivity contribution in [1.29, 1.82) is 0 Å². The third kappa shape index (κ3) is 12.1. The van der Waals surface area contributed by atoms with Crippen LogP contribution in [0.15, 0.2) is 21.9 Å². The van der Waals surface area contributed by atoms with Crippen molar-refractivity contribution >= 4 is 38.4 Å². The largest absolute Gasteiger partial charge is 0.388 e. The third-order valence-electron chi connectivity index (χ3n) is 2.78. The summed E-state index contributed by atoms with van der Waals surface area (Å²) in [6.07, 6.45) is 1.50. The number of rotatable bonds is 15. The fourth-order valence-corrected chi connectivity index (χ4v) is 5.83. The second kappa shape index (κ2) is 14.2. The second-order valence-electron chi connectivity index (χ2n) is 7.45. The summed E-state index contributed by atoms with van der Waals surface area (Å²) in [5.74, 6) is 0. The molecule has 0 fully saturated rings. The second-order valence-corrected chi connectivity index (χ2v) is 12.6. The molecule has 0 radical (unpaired) electrons. The molecular weight excluding hydrogens is 473 g/mol. The molecule has 0 saturated carbocycles. The van der Waals surface area contributed by atoms with Crippen molar-refractivity contribution in [2.75, 3.05) is 13.1 Å². The first-order valence-corrected chi connectivity index (χ1v) is 13.7. The molecule has 0 spiro atoms. The van der Waals surface area contributed by atoms with Crippen LogP contribution >= 0.6 is 38.4 Å². The van der Waals surface area contributed by atoms with E-state index >= 15 is 0 Å². The predicted molar refractivity (Wildman–Crippen MR) is 124 cm³/mol. The molecule has 0 aromatic rings.